The number of primary amides is 1. The van der Waals surface area contributed by atoms with Gasteiger partial charge in [0.15, 0.2) is 0 Å². The van der Waals surface area contributed by atoms with Crippen molar-refractivity contribution in [1.82, 2.24) is 10.6 Å². The Balaban J connectivity index is 2.15. The molecule has 0 heterocycles. The Morgan fingerprint density at radius 1 is 0.931 bits per heavy atom. The Morgan fingerprint density at radius 2 is 1.59 bits per heavy atom. The Bertz CT molecular complexity index is 914. The molecule has 0 saturated heterocycles. The third-order valence-electron chi connectivity index (χ3n) is 4.69. The lowest BCUT2D eigenvalue weighted by Gasteiger charge is -2.22. The summed E-state index contributed by atoms with van der Waals surface area (Å²) < 4.78 is 13.5. The van der Waals surface area contributed by atoms with Crippen molar-refractivity contribution in [2.45, 2.75) is 45.7 Å². The number of hydrogen-bond donors (Lipinski definition) is 3. The molecule has 2 aromatic carbocycles. The van der Waals surface area contributed by atoms with Crippen LogP contribution in [-0.2, 0) is 27.2 Å². The van der Waals surface area contributed by atoms with E-state index in [0.29, 0.717) is 5.56 Å². The summed E-state index contributed by atoms with van der Waals surface area (Å²) in [6.45, 7) is 5.23. The second-order valence-electron chi connectivity index (χ2n) is 7.17. The monoisotopic (exact) mass is 399 g/mol. The van der Waals surface area contributed by atoms with Crippen LogP contribution in [0.4, 0.5) is 4.39 Å². The molecule has 0 saturated carbocycles. The Morgan fingerprint density at radius 3 is 2.17 bits per heavy atom. The van der Waals surface area contributed by atoms with E-state index in [-0.39, 0.29) is 12.8 Å². The molecule has 2 aromatic rings. The molecule has 4 N–H and O–H groups in total. The molecule has 3 amide bonds. The van der Waals surface area contributed by atoms with E-state index in [9.17, 15) is 18.8 Å². The van der Waals surface area contributed by atoms with Crippen molar-refractivity contribution in [3.05, 3.63) is 70.5 Å². The van der Waals surface area contributed by atoms with Crippen LogP contribution in [-0.4, -0.2) is 29.8 Å². The van der Waals surface area contributed by atoms with Crippen LogP contribution in [0.5, 0.6) is 0 Å². The van der Waals surface area contributed by atoms with E-state index >= 15 is 0 Å². The molecule has 0 aliphatic rings. The van der Waals surface area contributed by atoms with Gasteiger partial charge in [-0.25, -0.2) is 4.39 Å². The van der Waals surface area contributed by atoms with Crippen molar-refractivity contribution in [3.63, 3.8) is 0 Å². The van der Waals surface area contributed by atoms with Crippen molar-refractivity contribution in [2.24, 2.45) is 5.73 Å². The molecule has 0 fully saturated rings. The summed E-state index contributed by atoms with van der Waals surface area (Å²) in [5.41, 5.74) is 9.08. The van der Waals surface area contributed by atoms with Gasteiger partial charge < -0.3 is 16.4 Å². The van der Waals surface area contributed by atoms with Crippen LogP contribution in [0.25, 0.3) is 0 Å². The zero-order valence-corrected chi connectivity index (χ0v) is 16.8. The largest absolute Gasteiger partial charge is 0.368 e. The molecule has 2 rings (SSSR count). The third-order valence-corrected chi connectivity index (χ3v) is 4.69. The molecule has 0 spiro atoms. The fourth-order valence-electron chi connectivity index (χ4n) is 3.02. The second kappa shape index (κ2) is 9.82. The zero-order valence-electron chi connectivity index (χ0n) is 16.8. The first kappa shape index (κ1) is 22.1. The summed E-state index contributed by atoms with van der Waals surface area (Å²) in [6, 6.07) is 9.63. The summed E-state index contributed by atoms with van der Waals surface area (Å²) in [7, 11) is 0. The van der Waals surface area contributed by atoms with Crippen molar-refractivity contribution in [2.75, 3.05) is 0 Å². The molecule has 154 valence electrons. The number of halogens is 1. The van der Waals surface area contributed by atoms with Gasteiger partial charge in [-0.15, -0.1) is 0 Å². The standard InChI is InChI=1S/C22H26FN3O3/c1-13-7-8-17(9-14(13)2)11-19(21(24)28)26-22(29)20(25-15(3)27)12-16-5-4-6-18(23)10-16/h4-10,19-20H,11-12H2,1-3H3,(H2,24,28)(H,25,27)(H,26,29)/t19-,20-/m1/s1. The maximum atomic E-state index is 13.5. The quantitative estimate of drug-likeness (QED) is 0.630. The Labute approximate surface area is 169 Å². The highest BCUT2D eigenvalue weighted by Gasteiger charge is 2.25. The summed E-state index contributed by atoms with van der Waals surface area (Å²) >= 11 is 0. The molecule has 0 aliphatic carbocycles. The number of benzene rings is 2. The van der Waals surface area contributed by atoms with Gasteiger partial charge in [0, 0.05) is 19.8 Å². The van der Waals surface area contributed by atoms with Gasteiger partial charge in [-0.1, -0.05) is 30.3 Å². The molecule has 0 aromatic heterocycles. The smallest absolute Gasteiger partial charge is 0.243 e. The van der Waals surface area contributed by atoms with Gasteiger partial charge in [0.2, 0.25) is 17.7 Å². The molecule has 0 unspecified atom stereocenters. The van der Waals surface area contributed by atoms with E-state index in [1.54, 1.807) is 6.07 Å². The zero-order chi connectivity index (χ0) is 21.6. The molecule has 0 bridgehead atoms. The van der Waals surface area contributed by atoms with Crippen LogP contribution in [0.3, 0.4) is 0 Å². The van der Waals surface area contributed by atoms with Crippen LogP contribution in [0.1, 0.15) is 29.2 Å². The maximum Gasteiger partial charge on any atom is 0.243 e. The molecule has 29 heavy (non-hydrogen) atoms. The molecule has 0 aliphatic heterocycles. The fourth-order valence-corrected chi connectivity index (χ4v) is 3.02. The van der Waals surface area contributed by atoms with Crippen molar-refractivity contribution in [3.8, 4) is 0 Å². The Kier molecular flexibility index (Phi) is 7.47. The number of nitrogens with two attached hydrogens (primary N) is 1. The summed E-state index contributed by atoms with van der Waals surface area (Å²) in [6.07, 6.45) is 0.313. The number of carbonyl (C=O) groups excluding carboxylic acids is 3. The number of aryl methyl sites for hydroxylation is 2. The van der Waals surface area contributed by atoms with Gasteiger partial charge in [-0.3, -0.25) is 14.4 Å². The third kappa shape index (κ3) is 6.71. The highest BCUT2D eigenvalue weighted by atomic mass is 19.1. The van der Waals surface area contributed by atoms with Gasteiger partial charge in [0.05, 0.1) is 0 Å². The fraction of sp³-hybridized carbons (Fsp3) is 0.318. The first-order valence-corrected chi connectivity index (χ1v) is 9.33. The average Bonchev–Trinajstić information content (AvgIpc) is 2.63. The minimum atomic E-state index is -0.962. The van der Waals surface area contributed by atoms with Crippen molar-refractivity contribution < 1.29 is 18.8 Å². The normalized spacial score (nSPS) is 12.7. The van der Waals surface area contributed by atoms with Crippen molar-refractivity contribution in [1.29, 1.82) is 0 Å². The SMILES string of the molecule is CC(=O)N[C@H](Cc1cccc(F)c1)C(=O)N[C@H](Cc1ccc(C)c(C)c1)C(N)=O. The lowest BCUT2D eigenvalue weighted by molar-refractivity contribution is -0.130. The predicted molar refractivity (Wildman–Crippen MR) is 108 cm³/mol. The number of hydrogen-bond acceptors (Lipinski definition) is 3. The van der Waals surface area contributed by atoms with E-state index in [2.05, 4.69) is 10.6 Å². The van der Waals surface area contributed by atoms with Crippen LogP contribution in [0.2, 0.25) is 0 Å². The molecule has 0 radical (unpaired) electrons. The first-order chi connectivity index (χ1) is 13.7. The van der Waals surface area contributed by atoms with Gasteiger partial charge in [-0.05, 0) is 48.2 Å². The van der Waals surface area contributed by atoms with Gasteiger partial charge in [-0.2, -0.15) is 0 Å². The average molecular weight is 399 g/mol. The number of carbonyl (C=O) groups is 3. The summed E-state index contributed by atoms with van der Waals surface area (Å²) in [4.78, 5) is 36.2. The second-order valence-corrected chi connectivity index (χ2v) is 7.17. The lowest BCUT2D eigenvalue weighted by Crippen LogP contribution is -2.54. The molecule has 7 heteroatoms. The van der Waals surface area contributed by atoms with E-state index in [0.717, 1.165) is 16.7 Å². The molecular formula is C22H26FN3O3. The van der Waals surface area contributed by atoms with E-state index in [1.165, 1.54) is 25.1 Å². The first-order valence-electron chi connectivity index (χ1n) is 9.33. The predicted octanol–water partition coefficient (Wildman–Crippen LogP) is 1.70. The van der Waals surface area contributed by atoms with Gasteiger partial charge in [0.1, 0.15) is 17.9 Å². The minimum Gasteiger partial charge on any atom is -0.368 e. The summed E-state index contributed by atoms with van der Waals surface area (Å²) in [5.74, 6) is -2.08. The van der Waals surface area contributed by atoms with E-state index in [4.69, 9.17) is 5.73 Å². The molecule has 2 atom stereocenters. The van der Waals surface area contributed by atoms with Crippen LogP contribution >= 0.6 is 0 Å². The number of rotatable bonds is 8. The van der Waals surface area contributed by atoms with Crippen LogP contribution < -0.4 is 16.4 Å². The number of nitrogens with one attached hydrogen (secondary N) is 2. The van der Waals surface area contributed by atoms with E-state index in [1.807, 2.05) is 32.0 Å². The van der Waals surface area contributed by atoms with Crippen LogP contribution in [0, 0.1) is 19.7 Å². The number of amides is 3. The van der Waals surface area contributed by atoms with Gasteiger partial charge >= 0.3 is 0 Å². The topological polar surface area (TPSA) is 101 Å². The van der Waals surface area contributed by atoms with Crippen LogP contribution in [0.15, 0.2) is 42.5 Å². The highest BCUT2D eigenvalue weighted by molar-refractivity contribution is 5.91. The summed E-state index contributed by atoms with van der Waals surface area (Å²) in [5, 5.41) is 5.16. The van der Waals surface area contributed by atoms with E-state index < -0.39 is 35.6 Å². The highest BCUT2D eigenvalue weighted by Crippen LogP contribution is 2.12. The Hall–Kier alpha value is -3.22. The van der Waals surface area contributed by atoms with Gasteiger partial charge in [0.25, 0.3) is 0 Å². The molecular weight excluding hydrogens is 373 g/mol. The lowest BCUT2D eigenvalue weighted by atomic mass is 9.99. The van der Waals surface area contributed by atoms with Crippen molar-refractivity contribution >= 4 is 17.7 Å². The maximum absolute atomic E-state index is 13.5. The minimum absolute atomic E-state index is 0.0816. The molecule has 6 nitrogen and oxygen atoms in total.